The number of terminal acetylenes is 1. The minimum absolute atomic E-state index is 0.121. The van der Waals surface area contributed by atoms with E-state index in [0.717, 1.165) is 25.0 Å². The number of amides is 1. The molecule has 0 fully saturated rings. The van der Waals surface area contributed by atoms with Crippen LogP contribution in [0, 0.1) is 19.3 Å². The van der Waals surface area contributed by atoms with Gasteiger partial charge in [0, 0.05) is 18.7 Å². The molecule has 0 aliphatic rings. The SMILES string of the molecule is C#CCCCCNC(=O)c1cccc(C)n1. The van der Waals surface area contributed by atoms with E-state index in [4.69, 9.17) is 6.42 Å². The number of unbranched alkanes of at least 4 members (excludes halogenated alkanes) is 2. The number of aromatic nitrogens is 1. The van der Waals surface area contributed by atoms with Crippen LogP contribution in [0.3, 0.4) is 0 Å². The Morgan fingerprint density at radius 2 is 2.31 bits per heavy atom. The Hall–Kier alpha value is -1.82. The molecule has 0 saturated heterocycles. The molecule has 0 radical (unpaired) electrons. The van der Waals surface area contributed by atoms with Gasteiger partial charge >= 0.3 is 0 Å². The lowest BCUT2D eigenvalue weighted by atomic mass is 10.2. The largest absolute Gasteiger partial charge is 0.351 e. The first kappa shape index (κ1) is 12.3. The molecule has 1 aromatic heterocycles. The first-order chi connectivity index (χ1) is 7.74. The van der Waals surface area contributed by atoms with Crippen molar-refractivity contribution in [2.24, 2.45) is 0 Å². The van der Waals surface area contributed by atoms with E-state index in [1.807, 2.05) is 19.1 Å². The number of rotatable bonds is 5. The van der Waals surface area contributed by atoms with E-state index in [0.29, 0.717) is 12.2 Å². The van der Waals surface area contributed by atoms with E-state index in [1.54, 1.807) is 6.07 Å². The van der Waals surface area contributed by atoms with Gasteiger partial charge in [0.1, 0.15) is 5.69 Å². The van der Waals surface area contributed by atoms with E-state index < -0.39 is 0 Å². The summed E-state index contributed by atoms with van der Waals surface area (Å²) in [6.07, 6.45) is 7.74. The molecule has 1 heterocycles. The van der Waals surface area contributed by atoms with Gasteiger partial charge in [-0.1, -0.05) is 6.07 Å². The summed E-state index contributed by atoms with van der Waals surface area (Å²) in [5, 5.41) is 2.82. The van der Waals surface area contributed by atoms with E-state index in [-0.39, 0.29) is 5.91 Å². The van der Waals surface area contributed by atoms with E-state index in [2.05, 4.69) is 16.2 Å². The van der Waals surface area contributed by atoms with Gasteiger partial charge in [0.25, 0.3) is 5.91 Å². The molecule has 0 spiro atoms. The van der Waals surface area contributed by atoms with Crippen molar-refractivity contribution < 1.29 is 4.79 Å². The van der Waals surface area contributed by atoms with Gasteiger partial charge in [0.15, 0.2) is 0 Å². The molecule has 1 aromatic rings. The molecule has 3 heteroatoms. The Balaban J connectivity index is 2.33. The molecule has 3 nitrogen and oxygen atoms in total. The first-order valence-corrected chi connectivity index (χ1v) is 5.39. The molecule has 84 valence electrons. The molecule has 0 bridgehead atoms. The standard InChI is InChI=1S/C13H16N2O/c1-3-4-5-6-10-14-13(16)12-9-7-8-11(2)15-12/h1,7-9H,4-6,10H2,2H3,(H,14,16). The smallest absolute Gasteiger partial charge is 0.269 e. The fraction of sp³-hybridized carbons (Fsp3) is 0.385. The molecule has 0 aliphatic carbocycles. The third-order valence-electron chi connectivity index (χ3n) is 2.15. The second-order valence-corrected chi connectivity index (χ2v) is 3.58. The van der Waals surface area contributed by atoms with E-state index in [9.17, 15) is 4.79 Å². The Labute approximate surface area is 96.3 Å². The highest BCUT2D eigenvalue weighted by molar-refractivity contribution is 5.92. The third kappa shape index (κ3) is 4.14. The number of pyridine rings is 1. The summed E-state index contributed by atoms with van der Waals surface area (Å²) in [5.41, 5.74) is 1.32. The monoisotopic (exact) mass is 216 g/mol. The molecular weight excluding hydrogens is 200 g/mol. The number of hydrogen-bond acceptors (Lipinski definition) is 2. The highest BCUT2D eigenvalue weighted by atomic mass is 16.1. The quantitative estimate of drug-likeness (QED) is 0.603. The van der Waals surface area contributed by atoms with Crippen molar-refractivity contribution in [3.05, 3.63) is 29.6 Å². The zero-order valence-corrected chi connectivity index (χ0v) is 9.49. The number of carbonyl (C=O) groups is 1. The summed E-state index contributed by atoms with van der Waals surface area (Å²) in [6, 6.07) is 5.41. The Morgan fingerprint density at radius 1 is 1.50 bits per heavy atom. The summed E-state index contributed by atoms with van der Waals surface area (Å²) in [7, 11) is 0. The number of carbonyl (C=O) groups excluding carboxylic acids is 1. The number of aryl methyl sites for hydroxylation is 1. The van der Waals surface area contributed by atoms with Crippen LogP contribution in [-0.4, -0.2) is 17.4 Å². The Morgan fingerprint density at radius 3 is 3.00 bits per heavy atom. The summed E-state index contributed by atoms with van der Waals surface area (Å²) < 4.78 is 0. The summed E-state index contributed by atoms with van der Waals surface area (Å²) in [4.78, 5) is 15.8. The first-order valence-electron chi connectivity index (χ1n) is 5.39. The minimum atomic E-state index is -0.121. The molecule has 0 atom stereocenters. The van der Waals surface area contributed by atoms with Gasteiger partial charge in [-0.05, 0) is 31.9 Å². The number of nitrogens with one attached hydrogen (secondary N) is 1. The lowest BCUT2D eigenvalue weighted by Crippen LogP contribution is -2.25. The van der Waals surface area contributed by atoms with Crippen molar-refractivity contribution in [1.82, 2.24) is 10.3 Å². The Bertz CT molecular complexity index is 393. The van der Waals surface area contributed by atoms with Crippen LogP contribution < -0.4 is 5.32 Å². The summed E-state index contributed by atoms with van der Waals surface area (Å²) in [6.45, 7) is 2.51. The van der Waals surface area contributed by atoms with Crippen LogP contribution in [0.25, 0.3) is 0 Å². The van der Waals surface area contributed by atoms with Crippen LogP contribution in [0.2, 0.25) is 0 Å². The van der Waals surface area contributed by atoms with Crippen molar-refractivity contribution in [2.45, 2.75) is 26.2 Å². The maximum Gasteiger partial charge on any atom is 0.269 e. The summed E-state index contributed by atoms with van der Waals surface area (Å²) >= 11 is 0. The van der Waals surface area contributed by atoms with Crippen LogP contribution in [0.15, 0.2) is 18.2 Å². The van der Waals surface area contributed by atoms with Crippen LogP contribution in [0.4, 0.5) is 0 Å². The maximum absolute atomic E-state index is 11.6. The van der Waals surface area contributed by atoms with Gasteiger partial charge in [-0.15, -0.1) is 12.3 Å². The summed E-state index contributed by atoms with van der Waals surface area (Å²) in [5.74, 6) is 2.45. The highest BCUT2D eigenvalue weighted by Gasteiger charge is 2.05. The molecule has 0 aliphatic heterocycles. The van der Waals surface area contributed by atoms with Crippen molar-refractivity contribution >= 4 is 5.91 Å². The second-order valence-electron chi connectivity index (χ2n) is 3.58. The van der Waals surface area contributed by atoms with Crippen LogP contribution in [0.5, 0.6) is 0 Å². The number of nitrogens with zero attached hydrogens (tertiary/aromatic N) is 1. The highest BCUT2D eigenvalue weighted by Crippen LogP contribution is 1.98. The average Bonchev–Trinajstić information content (AvgIpc) is 2.28. The van der Waals surface area contributed by atoms with Gasteiger partial charge in [-0.2, -0.15) is 0 Å². The van der Waals surface area contributed by atoms with Crippen LogP contribution in [-0.2, 0) is 0 Å². The predicted molar refractivity (Wildman–Crippen MR) is 64.0 cm³/mol. The van der Waals surface area contributed by atoms with Crippen molar-refractivity contribution in [1.29, 1.82) is 0 Å². The predicted octanol–water partition coefficient (Wildman–Crippen LogP) is 1.92. The van der Waals surface area contributed by atoms with Crippen molar-refractivity contribution in [3.8, 4) is 12.3 Å². The molecule has 0 aromatic carbocycles. The van der Waals surface area contributed by atoms with Gasteiger partial charge < -0.3 is 5.32 Å². The van der Waals surface area contributed by atoms with Gasteiger partial charge in [-0.25, -0.2) is 4.98 Å². The van der Waals surface area contributed by atoms with Crippen molar-refractivity contribution in [2.75, 3.05) is 6.54 Å². The molecule has 16 heavy (non-hydrogen) atoms. The minimum Gasteiger partial charge on any atom is -0.351 e. The zero-order chi connectivity index (χ0) is 11.8. The second kappa shape index (κ2) is 6.62. The van der Waals surface area contributed by atoms with Gasteiger partial charge in [0.2, 0.25) is 0 Å². The van der Waals surface area contributed by atoms with E-state index >= 15 is 0 Å². The zero-order valence-electron chi connectivity index (χ0n) is 9.49. The van der Waals surface area contributed by atoms with Gasteiger partial charge in [-0.3, -0.25) is 4.79 Å². The average molecular weight is 216 g/mol. The lowest BCUT2D eigenvalue weighted by Gasteiger charge is -2.04. The molecular formula is C13H16N2O. The van der Waals surface area contributed by atoms with Crippen LogP contribution >= 0.6 is 0 Å². The fourth-order valence-corrected chi connectivity index (χ4v) is 1.31. The molecule has 0 unspecified atom stereocenters. The van der Waals surface area contributed by atoms with E-state index in [1.165, 1.54) is 0 Å². The molecule has 0 saturated carbocycles. The molecule has 1 amide bonds. The van der Waals surface area contributed by atoms with Gasteiger partial charge in [0.05, 0.1) is 0 Å². The molecule has 1 rings (SSSR count). The fourth-order valence-electron chi connectivity index (χ4n) is 1.31. The molecule has 1 N–H and O–H groups in total. The maximum atomic E-state index is 11.6. The topological polar surface area (TPSA) is 42.0 Å². The third-order valence-corrected chi connectivity index (χ3v) is 2.15. The van der Waals surface area contributed by atoms with Crippen LogP contribution in [0.1, 0.15) is 35.4 Å². The Kier molecular flexibility index (Phi) is 5.07. The number of hydrogen-bond donors (Lipinski definition) is 1. The normalized spacial score (nSPS) is 9.50. The van der Waals surface area contributed by atoms with Crippen molar-refractivity contribution in [3.63, 3.8) is 0 Å². The lowest BCUT2D eigenvalue weighted by molar-refractivity contribution is 0.0948.